The minimum Gasteiger partial charge on any atom is -0.463 e. The number of aliphatic hydroxyl groups is 2. The smallest absolute Gasteiger partial charge is 0.463 e. The number of rotatable bonds is 10. The predicted octanol–water partition coefficient (Wildman–Crippen LogP) is 0.945. The van der Waals surface area contributed by atoms with E-state index in [1.54, 1.807) is 44.2 Å². The Hall–Kier alpha value is -3.41. The standard InChI is InChI=1S/C24H28N5O9P/c1-15(2)23(32)35-11-18-20(30)21(31)24(12-25,38-18)19-9-8-17-22(26)28(13-27-29(17)19)14-37-39(33,34)36-10-16-6-4-3-5-7-16/h3-9,13,15,18,20-21,26,30-31H,10-11,14H2,1-2H3,(H,33,34)/t18-,20-,21-,24+/m1/s1. The molecule has 1 unspecified atom stereocenters. The maximum atomic E-state index is 12.3. The van der Waals surface area contributed by atoms with Crippen molar-refractivity contribution in [2.75, 3.05) is 6.61 Å². The maximum absolute atomic E-state index is 12.3. The monoisotopic (exact) mass is 561 g/mol. The molecule has 0 aliphatic carbocycles. The Kier molecular flexibility index (Phi) is 8.34. The van der Waals surface area contributed by atoms with Gasteiger partial charge in [0.25, 0.3) is 0 Å². The summed E-state index contributed by atoms with van der Waals surface area (Å²) >= 11 is 0. The molecule has 1 saturated heterocycles. The Morgan fingerprint density at radius 1 is 1.26 bits per heavy atom. The van der Waals surface area contributed by atoms with Crippen LogP contribution in [-0.4, -0.2) is 60.2 Å². The summed E-state index contributed by atoms with van der Waals surface area (Å²) in [5.41, 5.74) is -1.47. The highest BCUT2D eigenvalue weighted by molar-refractivity contribution is 7.47. The first kappa shape index (κ1) is 28.6. The Bertz CT molecular complexity index is 1480. The normalized spacial score (nSPS) is 24.5. The number of benzene rings is 1. The highest BCUT2D eigenvalue weighted by atomic mass is 31.2. The average Bonchev–Trinajstić information content (AvgIpc) is 3.46. The molecule has 5 atom stereocenters. The zero-order chi connectivity index (χ0) is 28.4. The molecule has 3 heterocycles. The largest absolute Gasteiger partial charge is 0.474 e. The van der Waals surface area contributed by atoms with Crippen LogP contribution in [-0.2, 0) is 46.8 Å². The minimum atomic E-state index is -4.47. The molecule has 208 valence electrons. The first-order valence-corrected chi connectivity index (χ1v) is 13.4. The van der Waals surface area contributed by atoms with Gasteiger partial charge in [0.15, 0.2) is 5.49 Å². The fourth-order valence-electron chi connectivity index (χ4n) is 3.98. The molecule has 14 nitrogen and oxygen atoms in total. The quantitative estimate of drug-likeness (QED) is 0.203. The number of esters is 1. The maximum Gasteiger partial charge on any atom is 0.474 e. The summed E-state index contributed by atoms with van der Waals surface area (Å²) in [6.07, 6.45) is -3.35. The minimum absolute atomic E-state index is 0.0184. The fourth-order valence-corrected chi connectivity index (χ4v) is 4.64. The molecular formula is C24H28N5O9P. The second kappa shape index (κ2) is 11.4. The summed E-state index contributed by atoms with van der Waals surface area (Å²) in [5.74, 6) is -0.956. The molecule has 0 radical (unpaired) electrons. The van der Waals surface area contributed by atoms with Crippen LogP contribution in [0.1, 0.15) is 25.1 Å². The van der Waals surface area contributed by atoms with E-state index in [-0.39, 0.29) is 29.9 Å². The van der Waals surface area contributed by atoms with E-state index in [1.165, 1.54) is 16.6 Å². The van der Waals surface area contributed by atoms with Crippen molar-refractivity contribution in [2.45, 2.75) is 51.1 Å². The third-order valence-corrected chi connectivity index (χ3v) is 7.05. The van der Waals surface area contributed by atoms with E-state index in [0.29, 0.717) is 5.56 Å². The lowest BCUT2D eigenvalue weighted by atomic mass is 9.92. The fraction of sp³-hybridized carbons (Fsp3) is 0.417. The van der Waals surface area contributed by atoms with Crippen molar-refractivity contribution in [1.82, 2.24) is 14.2 Å². The van der Waals surface area contributed by atoms with E-state index >= 15 is 0 Å². The van der Waals surface area contributed by atoms with Crippen LogP contribution >= 0.6 is 7.82 Å². The summed E-state index contributed by atoms with van der Waals surface area (Å²) in [5, 5.41) is 44.0. The van der Waals surface area contributed by atoms with Gasteiger partial charge >= 0.3 is 13.8 Å². The predicted molar refractivity (Wildman–Crippen MR) is 131 cm³/mol. The number of phosphoric ester groups is 1. The van der Waals surface area contributed by atoms with E-state index in [4.69, 9.17) is 23.9 Å². The van der Waals surface area contributed by atoms with Crippen molar-refractivity contribution in [3.05, 3.63) is 65.5 Å². The molecule has 15 heteroatoms. The second-order valence-electron chi connectivity index (χ2n) is 9.17. The number of nitriles is 1. The molecule has 39 heavy (non-hydrogen) atoms. The van der Waals surface area contributed by atoms with Gasteiger partial charge in [-0.05, 0) is 17.7 Å². The van der Waals surface area contributed by atoms with Crippen molar-refractivity contribution in [3.63, 3.8) is 0 Å². The zero-order valence-electron chi connectivity index (χ0n) is 21.1. The number of aliphatic hydroxyl groups excluding tert-OH is 2. The molecule has 1 fully saturated rings. The summed E-state index contributed by atoms with van der Waals surface area (Å²) in [7, 11) is -4.47. The van der Waals surface area contributed by atoms with Crippen LogP contribution in [0.25, 0.3) is 5.52 Å². The molecule has 4 rings (SSSR count). The van der Waals surface area contributed by atoms with Crippen LogP contribution in [0, 0.1) is 22.7 Å². The molecule has 2 aromatic heterocycles. The van der Waals surface area contributed by atoms with Crippen LogP contribution in [0.2, 0.25) is 0 Å². The third kappa shape index (κ3) is 5.80. The Morgan fingerprint density at radius 3 is 2.64 bits per heavy atom. The molecule has 0 amide bonds. The summed E-state index contributed by atoms with van der Waals surface area (Å²) in [4.78, 5) is 21.9. The van der Waals surface area contributed by atoms with Crippen LogP contribution in [0.4, 0.5) is 0 Å². The SMILES string of the molecule is CC(C)C(=O)OC[C@H]1O[C@@](C#N)(c2ccc3c(=N)n(COP(=O)(O)OCc4ccccc4)cnn23)[C@H](O)[C@@H]1O. The Morgan fingerprint density at radius 2 is 1.97 bits per heavy atom. The molecule has 0 bridgehead atoms. The molecule has 3 aromatic rings. The van der Waals surface area contributed by atoms with Gasteiger partial charge in [0.1, 0.15) is 49.6 Å². The average molecular weight is 561 g/mol. The summed E-state index contributed by atoms with van der Waals surface area (Å²) < 4.78 is 35.5. The number of phosphoric acid groups is 1. The number of nitrogens with zero attached hydrogens (tertiary/aromatic N) is 4. The number of aromatic nitrogens is 3. The lowest BCUT2D eigenvalue weighted by molar-refractivity contribution is -0.154. The highest BCUT2D eigenvalue weighted by Gasteiger charge is 2.57. The van der Waals surface area contributed by atoms with Gasteiger partial charge in [-0.3, -0.25) is 23.8 Å². The van der Waals surface area contributed by atoms with Gasteiger partial charge in [0.2, 0.25) is 5.60 Å². The van der Waals surface area contributed by atoms with Gasteiger partial charge in [-0.1, -0.05) is 44.2 Å². The van der Waals surface area contributed by atoms with Crippen LogP contribution < -0.4 is 5.49 Å². The van der Waals surface area contributed by atoms with E-state index in [1.807, 2.05) is 6.07 Å². The summed E-state index contributed by atoms with van der Waals surface area (Å²) in [6.45, 7) is 2.18. The number of fused-ring (bicyclic) bond motifs is 1. The molecule has 1 aliphatic heterocycles. The molecule has 4 N–H and O–H groups in total. The van der Waals surface area contributed by atoms with Crippen molar-refractivity contribution in [3.8, 4) is 6.07 Å². The van der Waals surface area contributed by atoms with Gasteiger partial charge in [0.05, 0.1) is 18.2 Å². The van der Waals surface area contributed by atoms with Gasteiger partial charge < -0.3 is 24.6 Å². The van der Waals surface area contributed by atoms with E-state index < -0.39 is 50.4 Å². The zero-order valence-corrected chi connectivity index (χ0v) is 22.0. The lowest BCUT2D eigenvalue weighted by Gasteiger charge is -2.24. The number of carbonyl (C=O) groups is 1. The van der Waals surface area contributed by atoms with Crippen LogP contribution in [0.3, 0.4) is 0 Å². The van der Waals surface area contributed by atoms with Crippen molar-refractivity contribution in [2.24, 2.45) is 5.92 Å². The molecule has 0 spiro atoms. The number of ether oxygens (including phenoxy) is 2. The third-order valence-electron chi connectivity index (χ3n) is 6.15. The topological polar surface area (TPSA) is 202 Å². The van der Waals surface area contributed by atoms with Gasteiger partial charge in [-0.25, -0.2) is 9.08 Å². The second-order valence-corrected chi connectivity index (χ2v) is 10.6. The van der Waals surface area contributed by atoms with E-state index in [2.05, 4.69) is 5.10 Å². The Labute approximate surface area is 222 Å². The van der Waals surface area contributed by atoms with Crippen molar-refractivity contribution < 1.29 is 43.0 Å². The molecule has 1 aliphatic rings. The highest BCUT2D eigenvalue weighted by Crippen LogP contribution is 2.44. The summed E-state index contributed by atoms with van der Waals surface area (Å²) in [6, 6.07) is 13.5. The van der Waals surface area contributed by atoms with Crippen LogP contribution in [0.15, 0.2) is 48.8 Å². The number of hydrogen-bond acceptors (Lipinski definition) is 11. The van der Waals surface area contributed by atoms with E-state index in [0.717, 1.165) is 10.9 Å². The number of hydrogen-bond donors (Lipinski definition) is 4. The molecule has 1 aromatic carbocycles. The lowest BCUT2D eigenvalue weighted by Crippen LogP contribution is -2.41. The first-order valence-electron chi connectivity index (χ1n) is 11.9. The molecular weight excluding hydrogens is 533 g/mol. The van der Waals surface area contributed by atoms with Crippen molar-refractivity contribution >= 4 is 19.3 Å². The van der Waals surface area contributed by atoms with E-state index in [9.17, 15) is 29.7 Å². The molecule has 0 saturated carbocycles. The van der Waals surface area contributed by atoms with Gasteiger partial charge in [-0.2, -0.15) is 10.4 Å². The van der Waals surface area contributed by atoms with Gasteiger partial charge in [0, 0.05) is 0 Å². The van der Waals surface area contributed by atoms with Gasteiger partial charge in [-0.15, -0.1) is 0 Å². The number of nitrogens with one attached hydrogen (secondary N) is 1. The first-order chi connectivity index (χ1) is 18.5. The Balaban J connectivity index is 1.52. The van der Waals surface area contributed by atoms with Crippen molar-refractivity contribution in [1.29, 1.82) is 10.7 Å². The van der Waals surface area contributed by atoms with Crippen LogP contribution in [0.5, 0.6) is 0 Å². The number of carbonyl (C=O) groups excluding carboxylic acids is 1.